The van der Waals surface area contributed by atoms with Crippen LogP contribution < -0.4 is 15.2 Å². The van der Waals surface area contributed by atoms with Gasteiger partial charge in [0.2, 0.25) is 0 Å². The summed E-state index contributed by atoms with van der Waals surface area (Å²) in [4.78, 5) is 33.5. The average molecular weight is 579 g/mol. The first-order valence-corrected chi connectivity index (χ1v) is 14.4. The van der Waals surface area contributed by atoms with E-state index in [1.54, 1.807) is 23.8 Å². The van der Waals surface area contributed by atoms with Gasteiger partial charge in [0, 0.05) is 56.8 Å². The van der Waals surface area contributed by atoms with E-state index in [2.05, 4.69) is 4.90 Å². The third-order valence-corrected chi connectivity index (χ3v) is 8.64. The van der Waals surface area contributed by atoms with E-state index in [1.165, 1.54) is 29.7 Å². The van der Waals surface area contributed by atoms with E-state index in [-0.39, 0.29) is 23.9 Å². The summed E-state index contributed by atoms with van der Waals surface area (Å²) in [5, 5.41) is 10.6. The molecule has 11 heteroatoms. The van der Waals surface area contributed by atoms with E-state index in [0.29, 0.717) is 35.7 Å². The maximum absolute atomic E-state index is 15.4. The number of benzene rings is 2. The lowest BCUT2D eigenvalue weighted by Gasteiger charge is -2.39. The number of rotatable bonds is 8. The van der Waals surface area contributed by atoms with Gasteiger partial charge in [-0.3, -0.25) is 4.79 Å². The number of carboxylic acids is 1. The Morgan fingerprint density at radius 2 is 1.88 bits per heavy atom. The predicted molar refractivity (Wildman–Crippen MR) is 157 cm³/mol. The van der Waals surface area contributed by atoms with Crippen LogP contribution in [-0.4, -0.2) is 72.2 Å². The number of ether oxygens (including phenoxy) is 2. The minimum Gasteiger partial charge on any atom is -0.477 e. The highest BCUT2D eigenvalue weighted by atomic mass is 32.1. The third kappa shape index (κ3) is 5.32. The Bertz CT molecular complexity index is 1680. The lowest BCUT2D eigenvalue weighted by atomic mass is 10.1. The molecule has 1 N–H and O–H groups in total. The van der Waals surface area contributed by atoms with Crippen molar-refractivity contribution in [3.05, 3.63) is 70.3 Å². The Hall–Kier alpha value is -3.80. The zero-order valence-electron chi connectivity index (χ0n) is 23.0. The number of methoxy groups -OCH3 is 1. The monoisotopic (exact) mass is 578 g/mol. The number of halogens is 1. The van der Waals surface area contributed by atoms with Crippen molar-refractivity contribution in [3.63, 3.8) is 0 Å². The smallest absolute Gasteiger partial charge is 0.341 e. The quantitative estimate of drug-likeness (QED) is 0.319. The van der Waals surface area contributed by atoms with Crippen LogP contribution in [-0.2, 0) is 9.47 Å². The highest BCUT2D eigenvalue weighted by Crippen LogP contribution is 2.35. The first-order valence-electron chi connectivity index (χ1n) is 13.6. The number of hydrogen-bond donors (Lipinski definition) is 1. The molecule has 2 fully saturated rings. The van der Waals surface area contributed by atoms with Crippen LogP contribution in [0.5, 0.6) is 0 Å². The van der Waals surface area contributed by atoms with Gasteiger partial charge in [-0.05, 0) is 50.6 Å². The Labute approximate surface area is 240 Å². The number of anilines is 2. The highest BCUT2D eigenvalue weighted by molar-refractivity contribution is 7.22. The fourth-order valence-electron chi connectivity index (χ4n) is 5.44. The molecule has 0 saturated carbocycles. The van der Waals surface area contributed by atoms with Crippen LogP contribution in [0.25, 0.3) is 27.2 Å². The molecule has 1 atom stereocenters. The first-order chi connectivity index (χ1) is 19.7. The van der Waals surface area contributed by atoms with Gasteiger partial charge in [-0.25, -0.2) is 14.2 Å². The summed E-state index contributed by atoms with van der Waals surface area (Å²) < 4.78 is 29.2. The Balaban J connectivity index is 1.36. The Morgan fingerprint density at radius 3 is 2.56 bits per heavy atom. The predicted octanol–water partition coefficient (Wildman–Crippen LogP) is 4.79. The van der Waals surface area contributed by atoms with Crippen molar-refractivity contribution >= 4 is 38.3 Å². The average Bonchev–Trinajstić information content (AvgIpc) is 3.56. The van der Waals surface area contributed by atoms with E-state index < -0.39 is 17.2 Å². The van der Waals surface area contributed by atoms with Crippen molar-refractivity contribution in [2.75, 3.05) is 43.1 Å². The number of nitrogens with zero attached hydrogens (tertiary/aromatic N) is 4. The molecule has 2 saturated heterocycles. The number of fused-ring (bicyclic) bond motifs is 1. The van der Waals surface area contributed by atoms with Gasteiger partial charge in [-0.15, -0.1) is 0 Å². The molecule has 4 heterocycles. The van der Waals surface area contributed by atoms with Gasteiger partial charge in [-0.2, -0.15) is 0 Å². The second-order valence-electron chi connectivity index (χ2n) is 10.7. The topological polar surface area (TPSA) is 97.1 Å². The standard InChI is InChI=1S/C30H31FN4O5S/c1-17(2)40-21-14-34(15-21)30-32-24-6-5-19(11-28(24)41-30)35-16-22(29(37)38)27(36)12-26(35)18-4-7-25(23(31)10-18)33-9-8-20(13-33)39-3/h4-7,10-12,16-17,20-21H,8-9,13-15H2,1-3H3,(H,37,38)/t20-/m1/s1. The van der Waals surface area contributed by atoms with Gasteiger partial charge in [0.15, 0.2) is 10.6 Å². The summed E-state index contributed by atoms with van der Waals surface area (Å²) in [7, 11) is 1.65. The SMILES string of the molecule is CO[C@@H]1CCN(c2ccc(-c3cc(=O)c(C(=O)O)cn3-c3ccc4nc(N5CC(OC(C)C)C5)sc4c3)cc2F)C1. The fourth-order valence-corrected chi connectivity index (χ4v) is 6.46. The third-order valence-electron chi connectivity index (χ3n) is 7.57. The summed E-state index contributed by atoms with van der Waals surface area (Å²) in [6, 6.07) is 11.7. The minimum absolute atomic E-state index is 0.0564. The van der Waals surface area contributed by atoms with Crippen LogP contribution in [0.3, 0.4) is 0 Å². The van der Waals surface area contributed by atoms with Crippen LogP contribution in [0.2, 0.25) is 0 Å². The molecule has 2 aromatic heterocycles. The lowest BCUT2D eigenvalue weighted by molar-refractivity contribution is -0.00719. The molecular formula is C30H31FN4O5S. The highest BCUT2D eigenvalue weighted by Gasteiger charge is 2.30. The second-order valence-corrected chi connectivity index (χ2v) is 11.7. The second kappa shape index (κ2) is 10.9. The van der Waals surface area contributed by atoms with Crippen LogP contribution in [0.15, 0.2) is 53.5 Å². The van der Waals surface area contributed by atoms with Crippen molar-refractivity contribution in [1.29, 1.82) is 0 Å². The fraction of sp³-hybridized carbons (Fsp3) is 0.367. The van der Waals surface area contributed by atoms with E-state index in [0.717, 1.165) is 34.9 Å². The molecule has 0 radical (unpaired) electrons. The molecule has 0 bridgehead atoms. The number of pyridine rings is 1. The maximum Gasteiger partial charge on any atom is 0.341 e. The van der Waals surface area contributed by atoms with Gasteiger partial charge in [-0.1, -0.05) is 17.4 Å². The number of carbonyl (C=O) groups is 1. The number of carboxylic acid groups (broad SMARTS) is 1. The Morgan fingerprint density at radius 1 is 1.10 bits per heavy atom. The van der Waals surface area contributed by atoms with Gasteiger partial charge in [0.25, 0.3) is 0 Å². The molecule has 2 aromatic carbocycles. The zero-order valence-corrected chi connectivity index (χ0v) is 23.9. The molecule has 4 aromatic rings. The van der Waals surface area contributed by atoms with Crippen LogP contribution >= 0.6 is 11.3 Å². The number of hydrogen-bond acceptors (Lipinski definition) is 8. The molecule has 2 aliphatic rings. The van der Waals surface area contributed by atoms with Crippen molar-refractivity contribution in [2.45, 2.75) is 38.6 Å². The number of aromatic nitrogens is 2. The van der Waals surface area contributed by atoms with Gasteiger partial charge in [0.05, 0.1) is 39.9 Å². The molecule has 9 nitrogen and oxygen atoms in total. The Kier molecular flexibility index (Phi) is 7.27. The number of aromatic carboxylic acids is 1. The largest absolute Gasteiger partial charge is 0.477 e. The van der Waals surface area contributed by atoms with E-state index in [1.807, 2.05) is 36.9 Å². The first kappa shape index (κ1) is 27.4. The summed E-state index contributed by atoms with van der Waals surface area (Å²) in [6.07, 6.45) is 2.55. The van der Waals surface area contributed by atoms with Crippen LogP contribution in [0.4, 0.5) is 15.2 Å². The molecule has 0 spiro atoms. The molecule has 0 amide bonds. The van der Waals surface area contributed by atoms with Crippen molar-refractivity contribution < 1.29 is 23.8 Å². The molecule has 6 rings (SSSR count). The van der Waals surface area contributed by atoms with Crippen molar-refractivity contribution in [2.24, 2.45) is 0 Å². The summed E-state index contributed by atoms with van der Waals surface area (Å²) in [5.74, 6) is -1.74. The molecule has 0 aliphatic carbocycles. The molecular weight excluding hydrogens is 547 g/mol. The van der Waals surface area contributed by atoms with Crippen molar-refractivity contribution in [3.8, 4) is 16.9 Å². The van der Waals surface area contributed by atoms with E-state index >= 15 is 4.39 Å². The number of thiazole rings is 1. The van der Waals surface area contributed by atoms with E-state index in [9.17, 15) is 14.7 Å². The molecule has 2 aliphatic heterocycles. The molecule has 0 unspecified atom stereocenters. The van der Waals surface area contributed by atoms with Gasteiger partial charge in [0.1, 0.15) is 11.4 Å². The summed E-state index contributed by atoms with van der Waals surface area (Å²) in [5.41, 5.74) is 1.77. The molecule has 214 valence electrons. The summed E-state index contributed by atoms with van der Waals surface area (Å²) in [6.45, 7) is 6.90. The normalized spacial score (nSPS) is 17.5. The van der Waals surface area contributed by atoms with Crippen LogP contribution in [0.1, 0.15) is 30.6 Å². The van der Waals surface area contributed by atoms with Crippen molar-refractivity contribution in [1.82, 2.24) is 9.55 Å². The zero-order chi connectivity index (χ0) is 28.8. The van der Waals surface area contributed by atoms with Gasteiger partial charge >= 0.3 is 5.97 Å². The minimum atomic E-state index is -1.32. The van der Waals surface area contributed by atoms with Gasteiger partial charge < -0.3 is 28.9 Å². The summed E-state index contributed by atoms with van der Waals surface area (Å²) >= 11 is 1.54. The van der Waals surface area contributed by atoms with Crippen LogP contribution in [0, 0.1) is 5.82 Å². The lowest BCUT2D eigenvalue weighted by Crippen LogP contribution is -2.53. The van der Waals surface area contributed by atoms with E-state index in [4.69, 9.17) is 14.5 Å². The maximum atomic E-state index is 15.4. The molecule has 41 heavy (non-hydrogen) atoms.